The Bertz CT molecular complexity index is 914. The Morgan fingerprint density at radius 2 is 1.76 bits per heavy atom. The molecule has 3 aromatic rings. The third kappa shape index (κ3) is 2.96. The Morgan fingerprint density at radius 3 is 2.56 bits per heavy atom. The van der Waals surface area contributed by atoms with Crippen molar-refractivity contribution in [3.63, 3.8) is 0 Å². The number of nitrogens with one attached hydrogen (secondary N) is 1. The first-order valence-corrected chi connectivity index (χ1v) is 8.43. The summed E-state index contributed by atoms with van der Waals surface area (Å²) in [7, 11) is 0. The molecular formula is C20H16ClN3O. The van der Waals surface area contributed by atoms with Crippen molar-refractivity contribution in [2.45, 2.75) is 12.7 Å². The lowest BCUT2D eigenvalue weighted by Gasteiger charge is -2.27. The molecule has 25 heavy (non-hydrogen) atoms. The first-order chi connectivity index (χ1) is 12.2. The van der Waals surface area contributed by atoms with E-state index in [0.717, 1.165) is 16.9 Å². The molecule has 0 bridgehead atoms. The second-order valence-corrected chi connectivity index (χ2v) is 6.29. The molecule has 4 rings (SSSR count). The first-order valence-electron chi connectivity index (χ1n) is 8.05. The number of amides is 1. The molecule has 1 amide bonds. The van der Waals surface area contributed by atoms with E-state index in [9.17, 15) is 4.79 Å². The molecule has 0 radical (unpaired) electrons. The van der Waals surface area contributed by atoms with Gasteiger partial charge < -0.3 is 10.2 Å². The lowest BCUT2D eigenvalue weighted by Crippen LogP contribution is -2.32. The highest BCUT2D eigenvalue weighted by Crippen LogP contribution is 2.35. The van der Waals surface area contributed by atoms with Gasteiger partial charge in [-0.2, -0.15) is 0 Å². The Balaban J connectivity index is 1.71. The van der Waals surface area contributed by atoms with Crippen LogP contribution >= 0.6 is 11.6 Å². The molecule has 1 aromatic heterocycles. The molecule has 0 fully saturated rings. The third-order valence-corrected chi connectivity index (χ3v) is 4.59. The number of hydrogen-bond donors (Lipinski definition) is 1. The minimum Gasteiger partial charge on any atom is -0.359 e. The zero-order chi connectivity index (χ0) is 17.2. The van der Waals surface area contributed by atoms with Gasteiger partial charge in [-0.15, -0.1) is 0 Å². The third-order valence-electron chi connectivity index (χ3n) is 4.26. The maximum Gasteiger partial charge on any atom is 0.258 e. The maximum absolute atomic E-state index is 12.9. The maximum atomic E-state index is 12.9. The van der Waals surface area contributed by atoms with Crippen LogP contribution in [0.1, 0.15) is 27.8 Å². The predicted molar refractivity (Wildman–Crippen MR) is 98.4 cm³/mol. The van der Waals surface area contributed by atoms with Crippen LogP contribution in [0, 0.1) is 0 Å². The standard InChI is InChI=1S/C20H16ClN3O/c21-16-10-4-5-11-17(16)23-19-18-15(9-6-12-22-18)20(25)24(19)13-14-7-2-1-3-8-14/h1-12,19,23H,13H2. The molecule has 1 aliphatic rings. The Kier molecular flexibility index (Phi) is 4.12. The molecule has 0 aliphatic carbocycles. The number of carbonyl (C=O) groups excluding carboxylic acids is 1. The van der Waals surface area contributed by atoms with E-state index in [-0.39, 0.29) is 12.1 Å². The fourth-order valence-corrected chi connectivity index (χ4v) is 3.24. The summed E-state index contributed by atoms with van der Waals surface area (Å²) in [4.78, 5) is 19.1. The van der Waals surface area contributed by atoms with Gasteiger partial charge in [-0.1, -0.05) is 54.1 Å². The molecule has 4 nitrogen and oxygen atoms in total. The summed E-state index contributed by atoms with van der Waals surface area (Å²) in [5.74, 6) is -0.0310. The van der Waals surface area contributed by atoms with E-state index >= 15 is 0 Å². The zero-order valence-electron chi connectivity index (χ0n) is 13.4. The van der Waals surface area contributed by atoms with E-state index in [2.05, 4.69) is 10.3 Å². The number of halogens is 1. The number of fused-ring (bicyclic) bond motifs is 1. The van der Waals surface area contributed by atoms with Crippen LogP contribution in [0.4, 0.5) is 5.69 Å². The van der Waals surface area contributed by atoms with Gasteiger partial charge in [0.05, 0.1) is 22.0 Å². The quantitative estimate of drug-likeness (QED) is 0.754. The predicted octanol–water partition coefficient (Wildman–Crippen LogP) is 4.50. The van der Waals surface area contributed by atoms with Crippen molar-refractivity contribution >= 4 is 23.2 Å². The van der Waals surface area contributed by atoms with E-state index in [4.69, 9.17) is 11.6 Å². The normalized spacial score (nSPS) is 16.0. The van der Waals surface area contributed by atoms with Gasteiger partial charge in [0.25, 0.3) is 5.91 Å². The minimum atomic E-state index is -0.358. The molecule has 2 heterocycles. The number of aromatic nitrogens is 1. The van der Waals surface area contributed by atoms with Gasteiger partial charge in [0, 0.05) is 12.7 Å². The molecule has 0 saturated heterocycles. The summed E-state index contributed by atoms with van der Waals surface area (Å²) in [6.07, 6.45) is 1.35. The molecule has 1 atom stereocenters. The number of anilines is 1. The van der Waals surface area contributed by atoms with Crippen molar-refractivity contribution in [1.29, 1.82) is 0 Å². The number of para-hydroxylation sites is 1. The summed E-state index contributed by atoms with van der Waals surface area (Å²) in [5.41, 5.74) is 3.19. The Hall–Kier alpha value is -2.85. The van der Waals surface area contributed by atoms with Crippen LogP contribution in [0.2, 0.25) is 5.02 Å². The number of rotatable bonds is 4. The SMILES string of the molecule is O=C1c2cccnc2C(Nc2ccccc2Cl)N1Cc1ccccc1. The molecule has 1 aliphatic heterocycles. The fraction of sp³-hybridized carbons (Fsp3) is 0.100. The van der Waals surface area contributed by atoms with Gasteiger partial charge in [-0.05, 0) is 29.8 Å². The average Bonchev–Trinajstić information content (AvgIpc) is 2.91. The average molecular weight is 350 g/mol. The van der Waals surface area contributed by atoms with Crippen LogP contribution < -0.4 is 5.32 Å². The summed E-state index contributed by atoms with van der Waals surface area (Å²) in [6.45, 7) is 0.498. The van der Waals surface area contributed by atoms with E-state index in [1.54, 1.807) is 17.2 Å². The minimum absolute atomic E-state index is 0.0310. The summed E-state index contributed by atoms with van der Waals surface area (Å²) < 4.78 is 0. The van der Waals surface area contributed by atoms with E-state index in [0.29, 0.717) is 17.1 Å². The number of benzene rings is 2. The summed E-state index contributed by atoms with van der Waals surface area (Å²) in [5, 5.41) is 3.99. The van der Waals surface area contributed by atoms with Crippen molar-refractivity contribution in [2.24, 2.45) is 0 Å². The monoisotopic (exact) mass is 349 g/mol. The number of hydrogen-bond acceptors (Lipinski definition) is 3. The van der Waals surface area contributed by atoms with Crippen molar-refractivity contribution in [3.05, 3.63) is 94.8 Å². The Morgan fingerprint density at radius 1 is 1.00 bits per heavy atom. The van der Waals surface area contributed by atoms with Gasteiger partial charge in [0.15, 0.2) is 0 Å². The number of nitrogens with zero attached hydrogens (tertiary/aromatic N) is 2. The molecule has 1 N–H and O–H groups in total. The van der Waals surface area contributed by atoms with Crippen LogP contribution in [0.25, 0.3) is 0 Å². The fourth-order valence-electron chi connectivity index (χ4n) is 3.05. The van der Waals surface area contributed by atoms with Gasteiger partial charge in [0.2, 0.25) is 0 Å². The number of carbonyl (C=O) groups is 1. The zero-order valence-corrected chi connectivity index (χ0v) is 14.1. The molecule has 0 saturated carbocycles. The molecule has 124 valence electrons. The van der Waals surface area contributed by atoms with Crippen molar-refractivity contribution in [1.82, 2.24) is 9.88 Å². The van der Waals surface area contributed by atoms with Crippen LogP contribution in [-0.2, 0) is 6.54 Å². The molecule has 0 spiro atoms. The smallest absolute Gasteiger partial charge is 0.258 e. The van der Waals surface area contributed by atoms with Gasteiger partial charge >= 0.3 is 0 Å². The molecular weight excluding hydrogens is 334 g/mol. The van der Waals surface area contributed by atoms with E-state index in [1.807, 2.05) is 60.7 Å². The summed E-state index contributed by atoms with van der Waals surface area (Å²) in [6, 6.07) is 21.0. The lowest BCUT2D eigenvalue weighted by atomic mass is 10.2. The molecule has 2 aromatic carbocycles. The van der Waals surface area contributed by atoms with E-state index < -0.39 is 0 Å². The highest BCUT2D eigenvalue weighted by molar-refractivity contribution is 6.33. The summed E-state index contributed by atoms with van der Waals surface area (Å²) >= 11 is 6.29. The van der Waals surface area contributed by atoms with Crippen LogP contribution in [0.3, 0.4) is 0 Å². The van der Waals surface area contributed by atoms with Crippen LogP contribution in [0.5, 0.6) is 0 Å². The van der Waals surface area contributed by atoms with E-state index in [1.165, 1.54) is 0 Å². The Labute approximate surface area is 151 Å². The van der Waals surface area contributed by atoms with Crippen LogP contribution in [-0.4, -0.2) is 15.8 Å². The van der Waals surface area contributed by atoms with Crippen molar-refractivity contribution in [2.75, 3.05) is 5.32 Å². The lowest BCUT2D eigenvalue weighted by molar-refractivity contribution is 0.0728. The second-order valence-electron chi connectivity index (χ2n) is 5.88. The van der Waals surface area contributed by atoms with Gasteiger partial charge in [-0.25, -0.2) is 0 Å². The highest BCUT2D eigenvalue weighted by Gasteiger charge is 2.38. The van der Waals surface area contributed by atoms with Gasteiger partial charge in [0.1, 0.15) is 6.17 Å². The topological polar surface area (TPSA) is 45.2 Å². The van der Waals surface area contributed by atoms with Gasteiger partial charge in [-0.3, -0.25) is 9.78 Å². The van der Waals surface area contributed by atoms with Crippen molar-refractivity contribution in [3.8, 4) is 0 Å². The van der Waals surface area contributed by atoms with Crippen LogP contribution in [0.15, 0.2) is 72.9 Å². The first kappa shape index (κ1) is 15.7. The molecule has 5 heteroatoms. The van der Waals surface area contributed by atoms with Crippen molar-refractivity contribution < 1.29 is 4.79 Å². The largest absolute Gasteiger partial charge is 0.359 e. The highest BCUT2D eigenvalue weighted by atomic mass is 35.5. The number of pyridine rings is 1. The molecule has 1 unspecified atom stereocenters. The second kappa shape index (κ2) is 6.57.